The van der Waals surface area contributed by atoms with E-state index in [1.807, 2.05) is 12.4 Å². The number of piperidine rings is 1. The summed E-state index contributed by atoms with van der Waals surface area (Å²) in [6.07, 6.45) is -1.26. The van der Waals surface area contributed by atoms with Crippen LogP contribution >= 0.6 is 15.9 Å². The van der Waals surface area contributed by atoms with Gasteiger partial charge in [0.15, 0.2) is 0 Å². The van der Waals surface area contributed by atoms with Crippen molar-refractivity contribution < 1.29 is 18.0 Å². The van der Waals surface area contributed by atoms with Crippen LogP contribution in [0.5, 0.6) is 0 Å². The van der Waals surface area contributed by atoms with Crippen molar-refractivity contribution in [1.29, 1.82) is 0 Å². The van der Waals surface area contributed by atoms with Gasteiger partial charge in [-0.05, 0) is 35.3 Å². The molecule has 124 valence electrons. The minimum Gasteiger partial charge on any atom is -0.347 e. The molecule has 1 aliphatic heterocycles. The predicted octanol–water partition coefficient (Wildman–Crippen LogP) is 2.07. The average molecular weight is 383 g/mol. The summed E-state index contributed by atoms with van der Waals surface area (Å²) in [5.74, 6) is -0.922. The van der Waals surface area contributed by atoms with Gasteiger partial charge in [-0.25, -0.2) is 0 Å². The van der Waals surface area contributed by atoms with Gasteiger partial charge in [0, 0.05) is 20.1 Å². The number of hydrogen-bond donors (Lipinski definition) is 1. The third-order valence-corrected chi connectivity index (χ3v) is 4.39. The number of hydrogen-bond acceptors (Lipinski definition) is 3. The fourth-order valence-corrected chi connectivity index (χ4v) is 3.04. The number of carbonyl (C=O) groups is 1. The quantitative estimate of drug-likeness (QED) is 0.866. The zero-order valence-electron chi connectivity index (χ0n) is 12.2. The molecule has 0 bridgehead atoms. The highest BCUT2D eigenvalue weighted by Gasteiger charge is 2.31. The van der Waals surface area contributed by atoms with Crippen molar-refractivity contribution in [3.63, 3.8) is 0 Å². The van der Waals surface area contributed by atoms with E-state index in [4.69, 9.17) is 0 Å². The molecule has 1 aromatic heterocycles. The molecular formula is C13H18BrF3N4O. The lowest BCUT2D eigenvalue weighted by Gasteiger charge is -2.32. The molecular weight excluding hydrogens is 365 g/mol. The molecule has 9 heteroatoms. The lowest BCUT2D eigenvalue weighted by Crippen LogP contribution is -2.45. The molecule has 1 aliphatic rings. The van der Waals surface area contributed by atoms with E-state index in [2.05, 4.69) is 25.9 Å². The van der Waals surface area contributed by atoms with Gasteiger partial charge in [-0.2, -0.15) is 18.3 Å². The zero-order chi connectivity index (χ0) is 16.3. The van der Waals surface area contributed by atoms with E-state index < -0.39 is 24.5 Å². The summed E-state index contributed by atoms with van der Waals surface area (Å²) in [6, 6.07) is 0. The number of aromatic nitrogens is 2. The lowest BCUT2D eigenvalue weighted by molar-refractivity contribution is -0.141. The number of rotatable bonds is 4. The Morgan fingerprint density at radius 1 is 1.55 bits per heavy atom. The number of nitrogens with zero attached hydrogens (tertiary/aromatic N) is 3. The molecule has 5 nitrogen and oxygen atoms in total. The predicted molar refractivity (Wildman–Crippen MR) is 78.0 cm³/mol. The van der Waals surface area contributed by atoms with E-state index >= 15 is 0 Å². The van der Waals surface area contributed by atoms with Gasteiger partial charge in [0.2, 0.25) is 5.91 Å². The van der Waals surface area contributed by atoms with E-state index in [1.165, 1.54) is 0 Å². The van der Waals surface area contributed by atoms with Crippen LogP contribution in [0.1, 0.15) is 18.5 Å². The Balaban J connectivity index is 1.90. The van der Waals surface area contributed by atoms with Gasteiger partial charge >= 0.3 is 6.18 Å². The highest BCUT2D eigenvalue weighted by Crippen LogP contribution is 2.22. The van der Waals surface area contributed by atoms with Gasteiger partial charge in [0.1, 0.15) is 6.54 Å². The van der Waals surface area contributed by atoms with Crippen LogP contribution in [0.3, 0.4) is 0 Å². The van der Waals surface area contributed by atoms with Crippen LogP contribution in [0.2, 0.25) is 0 Å². The normalized spacial score (nSPS) is 20.1. The van der Waals surface area contributed by atoms with E-state index in [-0.39, 0.29) is 0 Å². The molecule has 0 unspecified atom stereocenters. The van der Waals surface area contributed by atoms with Crippen LogP contribution in [0.25, 0.3) is 0 Å². The zero-order valence-corrected chi connectivity index (χ0v) is 13.7. The van der Waals surface area contributed by atoms with Gasteiger partial charge in [-0.3, -0.25) is 14.4 Å². The van der Waals surface area contributed by atoms with Crippen LogP contribution in [0.15, 0.2) is 10.7 Å². The summed E-state index contributed by atoms with van der Waals surface area (Å²) in [7, 11) is 1.83. The van der Waals surface area contributed by atoms with Crippen LogP contribution in [-0.4, -0.2) is 46.4 Å². The first-order valence-electron chi connectivity index (χ1n) is 6.99. The van der Waals surface area contributed by atoms with E-state index in [9.17, 15) is 18.0 Å². The first-order valence-corrected chi connectivity index (χ1v) is 7.79. The summed E-state index contributed by atoms with van der Waals surface area (Å²) < 4.78 is 39.1. The van der Waals surface area contributed by atoms with Crippen molar-refractivity contribution in [2.45, 2.75) is 25.6 Å². The molecule has 2 heterocycles. The van der Waals surface area contributed by atoms with Crippen molar-refractivity contribution in [1.82, 2.24) is 20.0 Å². The maximum atomic E-state index is 12.2. The van der Waals surface area contributed by atoms with Gasteiger partial charge in [0.25, 0.3) is 0 Å². The van der Waals surface area contributed by atoms with Crippen molar-refractivity contribution in [3.8, 4) is 0 Å². The third kappa shape index (κ3) is 4.70. The van der Waals surface area contributed by atoms with E-state index in [0.717, 1.165) is 23.1 Å². The van der Waals surface area contributed by atoms with Gasteiger partial charge in [0.05, 0.1) is 22.3 Å². The molecule has 0 aliphatic carbocycles. The largest absolute Gasteiger partial charge is 0.405 e. The molecule has 22 heavy (non-hydrogen) atoms. The summed E-state index contributed by atoms with van der Waals surface area (Å²) in [5.41, 5.74) is 0.983. The Kier molecular flexibility index (Phi) is 5.49. The van der Waals surface area contributed by atoms with Crippen LogP contribution in [0.4, 0.5) is 13.2 Å². The fraction of sp³-hybridized carbons (Fsp3) is 0.692. The molecule has 1 atom stereocenters. The number of likely N-dealkylation sites (tertiary alicyclic amines) is 1. The molecule has 1 amide bonds. The van der Waals surface area contributed by atoms with Crippen molar-refractivity contribution >= 4 is 21.8 Å². The lowest BCUT2D eigenvalue weighted by atomic mass is 9.97. The molecule has 1 aromatic rings. The van der Waals surface area contributed by atoms with Crippen molar-refractivity contribution in [3.05, 3.63) is 16.4 Å². The Morgan fingerprint density at radius 2 is 2.27 bits per heavy atom. The summed E-state index contributed by atoms with van der Waals surface area (Å²) in [6.45, 7) is 0.623. The van der Waals surface area contributed by atoms with E-state index in [0.29, 0.717) is 19.5 Å². The molecule has 0 radical (unpaired) electrons. The van der Waals surface area contributed by atoms with Crippen LogP contribution in [-0.2, 0) is 18.4 Å². The highest BCUT2D eigenvalue weighted by atomic mass is 79.9. The Labute approximate surface area is 135 Å². The second-order valence-corrected chi connectivity index (χ2v) is 6.32. The number of carbonyl (C=O) groups excluding carboxylic acids is 1. The second-order valence-electron chi connectivity index (χ2n) is 5.47. The maximum Gasteiger partial charge on any atom is 0.405 e. The SMILES string of the molecule is Cn1ncc(Br)c1CN1CCC[C@H](C(=O)NCC(F)(F)F)C1. The maximum absolute atomic E-state index is 12.2. The van der Waals surface area contributed by atoms with Gasteiger partial charge in [-0.1, -0.05) is 0 Å². The minimum atomic E-state index is -4.37. The Hall–Kier alpha value is -1.09. The topological polar surface area (TPSA) is 50.2 Å². The Bertz CT molecular complexity index is 512. The molecule has 0 saturated carbocycles. The molecule has 1 saturated heterocycles. The number of halogens is 4. The average Bonchev–Trinajstić information content (AvgIpc) is 2.76. The summed E-state index contributed by atoms with van der Waals surface area (Å²) in [5, 5.41) is 6.11. The standard InChI is InChI=1S/C13H18BrF3N4O/c1-20-11(10(14)5-19-20)7-21-4-2-3-9(6-21)12(22)18-8-13(15,16)17/h5,9H,2-4,6-8H2,1H3,(H,18,22)/t9-/m0/s1. The van der Waals surface area contributed by atoms with Crippen LogP contribution in [0, 0.1) is 5.92 Å². The second kappa shape index (κ2) is 6.99. The highest BCUT2D eigenvalue weighted by molar-refractivity contribution is 9.10. The first kappa shape index (κ1) is 17.3. The summed E-state index contributed by atoms with van der Waals surface area (Å²) in [4.78, 5) is 13.9. The smallest absolute Gasteiger partial charge is 0.347 e. The van der Waals surface area contributed by atoms with Crippen molar-refractivity contribution in [2.75, 3.05) is 19.6 Å². The van der Waals surface area contributed by atoms with Crippen molar-refractivity contribution in [2.24, 2.45) is 13.0 Å². The fourth-order valence-electron chi connectivity index (χ4n) is 2.57. The van der Waals surface area contributed by atoms with Gasteiger partial charge < -0.3 is 5.32 Å². The molecule has 1 fully saturated rings. The third-order valence-electron chi connectivity index (χ3n) is 3.72. The minimum absolute atomic E-state index is 0.400. The molecule has 2 rings (SSSR count). The van der Waals surface area contributed by atoms with Crippen LogP contribution < -0.4 is 5.32 Å². The molecule has 1 N–H and O–H groups in total. The van der Waals surface area contributed by atoms with E-state index in [1.54, 1.807) is 10.9 Å². The Morgan fingerprint density at radius 3 is 2.86 bits per heavy atom. The summed E-state index contributed by atoms with van der Waals surface area (Å²) >= 11 is 3.42. The molecule has 0 aromatic carbocycles. The number of alkyl halides is 3. The van der Waals surface area contributed by atoms with Gasteiger partial charge in [-0.15, -0.1) is 0 Å². The molecule has 0 spiro atoms. The first-order chi connectivity index (χ1) is 10.3. The number of amides is 1. The number of nitrogens with one attached hydrogen (secondary N) is 1. The number of aryl methyl sites for hydroxylation is 1. The monoisotopic (exact) mass is 382 g/mol.